The van der Waals surface area contributed by atoms with Gasteiger partial charge in [0.15, 0.2) is 0 Å². The molecule has 0 aliphatic heterocycles. The first-order valence-corrected chi connectivity index (χ1v) is 6.68. The van der Waals surface area contributed by atoms with Gasteiger partial charge in [-0.05, 0) is 23.3 Å². The molecule has 0 unspecified atom stereocenters. The summed E-state index contributed by atoms with van der Waals surface area (Å²) in [6, 6.07) is 15.3. The molecule has 2 aromatic rings. The third kappa shape index (κ3) is 3.66. The van der Waals surface area contributed by atoms with E-state index in [0.717, 1.165) is 6.54 Å². The van der Waals surface area contributed by atoms with Gasteiger partial charge in [0, 0.05) is 19.7 Å². The lowest BCUT2D eigenvalue weighted by atomic mass is 10.00. The number of hydrogen-bond donors (Lipinski definition) is 1. The summed E-state index contributed by atoms with van der Waals surface area (Å²) in [5.41, 5.74) is 1.35. The predicted molar refractivity (Wildman–Crippen MR) is 81.4 cm³/mol. The normalized spacial score (nSPS) is 13.2. The van der Waals surface area contributed by atoms with Crippen molar-refractivity contribution in [2.24, 2.45) is 0 Å². The number of benzene rings is 2. The standard InChI is InChI=1S/C17H21NO/c1-14(18-12-5-6-13-19-2)16-11-7-9-15-8-3-4-10-17(15)16/h3-11,14,18H,12-13H2,1-2H3/b6-5+/t14-/m1/s1. The quantitative estimate of drug-likeness (QED) is 0.795. The Hall–Kier alpha value is -1.64. The Morgan fingerprint density at radius 3 is 2.74 bits per heavy atom. The molecule has 0 aliphatic carbocycles. The summed E-state index contributed by atoms with van der Waals surface area (Å²) in [6.45, 7) is 3.73. The zero-order valence-electron chi connectivity index (χ0n) is 11.6. The molecule has 0 saturated heterocycles. The molecule has 2 aromatic carbocycles. The molecular weight excluding hydrogens is 234 g/mol. The van der Waals surface area contributed by atoms with Gasteiger partial charge in [-0.1, -0.05) is 54.6 Å². The van der Waals surface area contributed by atoms with Crippen molar-refractivity contribution in [2.45, 2.75) is 13.0 Å². The summed E-state index contributed by atoms with van der Waals surface area (Å²) in [4.78, 5) is 0. The van der Waals surface area contributed by atoms with Crippen LogP contribution < -0.4 is 5.32 Å². The van der Waals surface area contributed by atoms with E-state index in [2.05, 4.69) is 60.8 Å². The summed E-state index contributed by atoms with van der Waals surface area (Å²) in [6.07, 6.45) is 4.13. The van der Waals surface area contributed by atoms with Crippen molar-refractivity contribution in [3.8, 4) is 0 Å². The monoisotopic (exact) mass is 255 g/mol. The molecule has 0 saturated carbocycles. The van der Waals surface area contributed by atoms with Crippen molar-refractivity contribution in [1.29, 1.82) is 0 Å². The summed E-state index contributed by atoms with van der Waals surface area (Å²) < 4.78 is 4.98. The summed E-state index contributed by atoms with van der Waals surface area (Å²) in [5.74, 6) is 0. The van der Waals surface area contributed by atoms with Gasteiger partial charge < -0.3 is 10.1 Å². The largest absolute Gasteiger partial charge is 0.381 e. The molecule has 1 atom stereocenters. The second-order valence-electron chi connectivity index (χ2n) is 4.63. The minimum Gasteiger partial charge on any atom is -0.381 e. The molecule has 2 heteroatoms. The highest BCUT2D eigenvalue weighted by Gasteiger charge is 2.07. The maximum atomic E-state index is 4.98. The van der Waals surface area contributed by atoms with Crippen molar-refractivity contribution < 1.29 is 4.74 Å². The van der Waals surface area contributed by atoms with E-state index in [1.807, 2.05) is 6.08 Å². The lowest BCUT2D eigenvalue weighted by Gasteiger charge is -2.15. The second-order valence-corrected chi connectivity index (χ2v) is 4.63. The zero-order valence-corrected chi connectivity index (χ0v) is 11.6. The Bertz CT molecular complexity index is 542. The fraction of sp³-hybridized carbons (Fsp3) is 0.294. The van der Waals surface area contributed by atoms with Crippen LogP contribution in [-0.4, -0.2) is 20.3 Å². The average molecular weight is 255 g/mol. The summed E-state index contributed by atoms with van der Waals surface area (Å²) in [7, 11) is 1.70. The number of fused-ring (bicyclic) bond motifs is 1. The number of rotatable bonds is 6. The van der Waals surface area contributed by atoms with E-state index in [4.69, 9.17) is 4.74 Å². The molecule has 0 spiro atoms. The number of ether oxygens (including phenoxy) is 1. The molecule has 1 N–H and O–H groups in total. The van der Waals surface area contributed by atoms with Gasteiger partial charge in [0.2, 0.25) is 0 Å². The van der Waals surface area contributed by atoms with E-state index < -0.39 is 0 Å². The van der Waals surface area contributed by atoms with E-state index in [9.17, 15) is 0 Å². The van der Waals surface area contributed by atoms with E-state index in [1.54, 1.807) is 7.11 Å². The third-order valence-electron chi connectivity index (χ3n) is 3.26. The van der Waals surface area contributed by atoms with Crippen molar-refractivity contribution >= 4 is 10.8 Å². The summed E-state index contributed by atoms with van der Waals surface area (Å²) >= 11 is 0. The minimum atomic E-state index is 0.332. The van der Waals surface area contributed by atoms with Gasteiger partial charge in [-0.25, -0.2) is 0 Å². The van der Waals surface area contributed by atoms with Gasteiger partial charge in [-0.2, -0.15) is 0 Å². The highest BCUT2D eigenvalue weighted by molar-refractivity contribution is 5.86. The van der Waals surface area contributed by atoms with Crippen LogP contribution in [0.5, 0.6) is 0 Å². The van der Waals surface area contributed by atoms with Crippen LogP contribution in [0.25, 0.3) is 10.8 Å². The van der Waals surface area contributed by atoms with Crippen LogP contribution in [0.15, 0.2) is 54.6 Å². The van der Waals surface area contributed by atoms with E-state index in [0.29, 0.717) is 12.6 Å². The smallest absolute Gasteiger partial charge is 0.0644 e. The maximum absolute atomic E-state index is 4.98. The topological polar surface area (TPSA) is 21.3 Å². The first-order valence-electron chi connectivity index (χ1n) is 6.68. The van der Waals surface area contributed by atoms with Crippen LogP contribution in [0.3, 0.4) is 0 Å². The predicted octanol–water partition coefficient (Wildman–Crippen LogP) is 3.69. The van der Waals surface area contributed by atoms with Crippen LogP contribution in [0.4, 0.5) is 0 Å². The SMILES string of the molecule is COC/C=C/CN[C@H](C)c1cccc2ccccc12. The molecule has 19 heavy (non-hydrogen) atoms. The first-order chi connectivity index (χ1) is 9.33. The summed E-state index contributed by atoms with van der Waals surface area (Å²) in [5, 5.41) is 6.13. The Morgan fingerprint density at radius 2 is 1.89 bits per heavy atom. The Morgan fingerprint density at radius 1 is 1.11 bits per heavy atom. The third-order valence-corrected chi connectivity index (χ3v) is 3.26. The highest BCUT2D eigenvalue weighted by atomic mass is 16.5. The molecule has 0 bridgehead atoms. The van der Waals surface area contributed by atoms with Gasteiger partial charge in [0.1, 0.15) is 0 Å². The van der Waals surface area contributed by atoms with Crippen molar-refractivity contribution in [1.82, 2.24) is 5.32 Å². The number of nitrogens with one attached hydrogen (secondary N) is 1. The highest BCUT2D eigenvalue weighted by Crippen LogP contribution is 2.23. The number of methoxy groups -OCH3 is 1. The Labute approximate surface area is 115 Å². The zero-order chi connectivity index (χ0) is 13.5. The molecule has 0 aliphatic rings. The van der Waals surface area contributed by atoms with Crippen molar-refractivity contribution in [3.05, 3.63) is 60.2 Å². The lowest BCUT2D eigenvalue weighted by molar-refractivity contribution is 0.233. The van der Waals surface area contributed by atoms with Gasteiger partial charge in [0.25, 0.3) is 0 Å². The Kier molecular flexibility index (Phi) is 5.13. The van der Waals surface area contributed by atoms with Crippen LogP contribution in [-0.2, 0) is 4.74 Å². The first kappa shape index (κ1) is 13.8. The molecule has 0 amide bonds. The molecule has 2 rings (SSSR count). The molecule has 0 radical (unpaired) electrons. The Balaban J connectivity index is 2.07. The molecule has 2 nitrogen and oxygen atoms in total. The van der Waals surface area contributed by atoms with E-state index >= 15 is 0 Å². The fourth-order valence-corrected chi connectivity index (χ4v) is 2.23. The molecule has 0 heterocycles. The van der Waals surface area contributed by atoms with Gasteiger partial charge in [0.05, 0.1) is 6.61 Å². The van der Waals surface area contributed by atoms with Gasteiger partial charge in [-0.3, -0.25) is 0 Å². The molecular formula is C17H21NO. The number of hydrogen-bond acceptors (Lipinski definition) is 2. The van der Waals surface area contributed by atoms with Crippen LogP contribution in [0, 0.1) is 0 Å². The van der Waals surface area contributed by atoms with Gasteiger partial charge in [-0.15, -0.1) is 0 Å². The molecule has 0 fully saturated rings. The van der Waals surface area contributed by atoms with Crippen molar-refractivity contribution in [3.63, 3.8) is 0 Å². The van der Waals surface area contributed by atoms with E-state index in [1.165, 1.54) is 16.3 Å². The van der Waals surface area contributed by atoms with E-state index in [-0.39, 0.29) is 0 Å². The second kappa shape index (κ2) is 7.07. The minimum absolute atomic E-state index is 0.332. The van der Waals surface area contributed by atoms with Crippen LogP contribution >= 0.6 is 0 Å². The maximum Gasteiger partial charge on any atom is 0.0644 e. The average Bonchev–Trinajstić information content (AvgIpc) is 2.46. The van der Waals surface area contributed by atoms with Crippen LogP contribution in [0.2, 0.25) is 0 Å². The van der Waals surface area contributed by atoms with Crippen molar-refractivity contribution in [2.75, 3.05) is 20.3 Å². The lowest BCUT2D eigenvalue weighted by Crippen LogP contribution is -2.18. The van der Waals surface area contributed by atoms with Gasteiger partial charge >= 0.3 is 0 Å². The molecule has 100 valence electrons. The molecule has 0 aromatic heterocycles. The fourth-order valence-electron chi connectivity index (χ4n) is 2.23. The van der Waals surface area contributed by atoms with Crippen LogP contribution in [0.1, 0.15) is 18.5 Å².